The van der Waals surface area contributed by atoms with Gasteiger partial charge < -0.3 is 14.8 Å². The van der Waals surface area contributed by atoms with E-state index >= 15 is 0 Å². The molecule has 3 rings (SSSR count). The van der Waals surface area contributed by atoms with Crippen molar-refractivity contribution >= 4 is 5.84 Å². The van der Waals surface area contributed by atoms with Gasteiger partial charge >= 0.3 is 0 Å². The average molecular weight is 260 g/mol. The molecular formula is C15H20N2O2. The molecule has 1 aromatic carbocycles. The SMILES string of the molecule is CCCCC1(C2=NCCN2)COc2ccccc2O1. The summed E-state index contributed by atoms with van der Waals surface area (Å²) >= 11 is 0. The number of nitrogens with one attached hydrogen (secondary N) is 1. The molecule has 2 aliphatic rings. The molecule has 19 heavy (non-hydrogen) atoms. The van der Waals surface area contributed by atoms with Crippen molar-refractivity contribution < 1.29 is 9.47 Å². The first-order valence-corrected chi connectivity index (χ1v) is 7.04. The maximum Gasteiger partial charge on any atom is 0.199 e. The summed E-state index contributed by atoms with van der Waals surface area (Å²) in [5.74, 6) is 2.60. The largest absolute Gasteiger partial charge is 0.485 e. The summed E-state index contributed by atoms with van der Waals surface area (Å²) in [5.41, 5.74) is -0.430. The van der Waals surface area contributed by atoms with Crippen molar-refractivity contribution in [3.8, 4) is 11.5 Å². The Labute approximate surface area is 113 Å². The standard InChI is InChI=1S/C15H20N2O2/c1-2-3-8-15(14-16-9-10-17-14)11-18-12-6-4-5-7-13(12)19-15/h4-7H,2-3,8-11H2,1H3,(H,16,17). The first-order valence-electron chi connectivity index (χ1n) is 7.04. The van der Waals surface area contributed by atoms with Gasteiger partial charge in [0.15, 0.2) is 17.1 Å². The Balaban J connectivity index is 1.89. The van der Waals surface area contributed by atoms with Crippen LogP contribution in [0.25, 0.3) is 0 Å². The van der Waals surface area contributed by atoms with Gasteiger partial charge in [-0.3, -0.25) is 4.99 Å². The molecule has 0 aliphatic carbocycles. The van der Waals surface area contributed by atoms with E-state index in [1.807, 2.05) is 24.3 Å². The van der Waals surface area contributed by atoms with Crippen LogP contribution in [0.2, 0.25) is 0 Å². The monoisotopic (exact) mass is 260 g/mol. The van der Waals surface area contributed by atoms with Crippen molar-refractivity contribution in [1.82, 2.24) is 5.32 Å². The number of fused-ring (bicyclic) bond motifs is 1. The third-order valence-electron chi connectivity index (χ3n) is 3.66. The van der Waals surface area contributed by atoms with Crippen LogP contribution in [0, 0.1) is 0 Å². The quantitative estimate of drug-likeness (QED) is 0.904. The van der Waals surface area contributed by atoms with Gasteiger partial charge in [-0.15, -0.1) is 0 Å². The topological polar surface area (TPSA) is 42.9 Å². The Hall–Kier alpha value is -1.71. The van der Waals surface area contributed by atoms with E-state index in [-0.39, 0.29) is 0 Å². The zero-order valence-electron chi connectivity index (χ0n) is 11.3. The minimum atomic E-state index is -0.430. The molecule has 0 saturated heterocycles. The molecule has 0 saturated carbocycles. The summed E-state index contributed by atoms with van der Waals surface area (Å²) in [4.78, 5) is 4.56. The van der Waals surface area contributed by atoms with Crippen molar-refractivity contribution in [2.24, 2.45) is 4.99 Å². The second-order valence-corrected chi connectivity index (χ2v) is 5.09. The van der Waals surface area contributed by atoms with Crippen LogP contribution in [-0.2, 0) is 0 Å². The maximum absolute atomic E-state index is 6.29. The number of amidine groups is 1. The molecule has 1 unspecified atom stereocenters. The Morgan fingerprint density at radius 3 is 2.89 bits per heavy atom. The number of aliphatic imine (C=N–C) groups is 1. The van der Waals surface area contributed by atoms with Crippen LogP contribution >= 0.6 is 0 Å². The highest BCUT2D eigenvalue weighted by Gasteiger charge is 2.43. The molecule has 0 aromatic heterocycles. The van der Waals surface area contributed by atoms with Crippen LogP contribution in [0.4, 0.5) is 0 Å². The third kappa shape index (κ3) is 2.27. The summed E-state index contributed by atoms with van der Waals surface area (Å²) in [6.07, 6.45) is 3.18. The number of rotatable bonds is 4. The summed E-state index contributed by atoms with van der Waals surface area (Å²) in [5, 5.41) is 3.35. The van der Waals surface area contributed by atoms with Crippen molar-refractivity contribution in [2.75, 3.05) is 19.7 Å². The van der Waals surface area contributed by atoms with Crippen LogP contribution in [0.3, 0.4) is 0 Å². The van der Waals surface area contributed by atoms with Crippen molar-refractivity contribution in [3.05, 3.63) is 24.3 Å². The lowest BCUT2D eigenvalue weighted by molar-refractivity contribution is 0.0353. The summed E-state index contributed by atoms with van der Waals surface area (Å²) in [6, 6.07) is 7.85. The number of nitrogens with zero attached hydrogens (tertiary/aromatic N) is 1. The fourth-order valence-corrected chi connectivity index (χ4v) is 2.61. The molecule has 1 N–H and O–H groups in total. The fraction of sp³-hybridized carbons (Fsp3) is 0.533. The number of para-hydroxylation sites is 2. The highest BCUT2D eigenvalue weighted by atomic mass is 16.6. The van der Waals surface area contributed by atoms with Crippen molar-refractivity contribution in [1.29, 1.82) is 0 Å². The number of unbranched alkanes of at least 4 members (excludes halogenated alkanes) is 1. The zero-order chi connectivity index (χ0) is 13.1. The van der Waals surface area contributed by atoms with E-state index in [1.165, 1.54) is 0 Å². The molecular weight excluding hydrogens is 240 g/mol. The minimum absolute atomic E-state index is 0.430. The number of benzene rings is 1. The average Bonchev–Trinajstić information content (AvgIpc) is 3.00. The third-order valence-corrected chi connectivity index (χ3v) is 3.66. The lowest BCUT2D eigenvalue weighted by atomic mass is 9.94. The van der Waals surface area contributed by atoms with E-state index in [2.05, 4.69) is 17.2 Å². The molecule has 2 aliphatic heterocycles. The summed E-state index contributed by atoms with van der Waals surface area (Å²) < 4.78 is 12.2. The molecule has 0 spiro atoms. The summed E-state index contributed by atoms with van der Waals surface area (Å²) in [6.45, 7) is 4.45. The second kappa shape index (κ2) is 5.11. The number of hydrogen-bond donors (Lipinski definition) is 1. The molecule has 0 bridgehead atoms. The van der Waals surface area contributed by atoms with Gasteiger partial charge in [-0.1, -0.05) is 25.5 Å². The van der Waals surface area contributed by atoms with Crippen LogP contribution in [-0.4, -0.2) is 31.1 Å². The van der Waals surface area contributed by atoms with Gasteiger partial charge in [0.25, 0.3) is 0 Å². The van der Waals surface area contributed by atoms with Gasteiger partial charge in [-0.2, -0.15) is 0 Å². The van der Waals surface area contributed by atoms with E-state index in [0.29, 0.717) is 6.61 Å². The van der Waals surface area contributed by atoms with Crippen molar-refractivity contribution in [2.45, 2.75) is 31.8 Å². The Morgan fingerprint density at radius 2 is 2.16 bits per heavy atom. The smallest absolute Gasteiger partial charge is 0.199 e. The minimum Gasteiger partial charge on any atom is -0.485 e. The molecule has 4 nitrogen and oxygen atoms in total. The first kappa shape index (κ1) is 12.3. The molecule has 0 radical (unpaired) electrons. The number of hydrogen-bond acceptors (Lipinski definition) is 4. The maximum atomic E-state index is 6.29. The molecule has 102 valence electrons. The zero-order valence-corrected chi connectivity index (χ0v) is 11.3. The molecule has 4 heteroatoms. The Kier molecular flexibility index (Phi) is 3.32. The Bertz CT molecular complexity index is 487. The predicted molar refractivity (Wildman–Crippen MR) is 75.1 cm³/mol. The Morgan fingerprint density at radius 1 is 1.32 bits per heavy atom. The fourth-order valence-electron chi connectivity index (χ4n) is 2.61. The first-order chi connectivity index (χ1) is 9.34. The van der Waals surface area contributed by atoms with Gasteiger partial charge in [-0.05, 0) is 25.0 Å². The lowest BCUT2D eigenvalue weighted by Gasteiger charge is -2.38. The van der Waals surface area contributed by atoms with E-state index in [0.717, 1.165) is 49.7 Å². The molecule has 0 fully saturated rings. The van der Waals surface area contributed by atoms with Gasteiger partial charge in [0.1, 0.15) is 12.4 Å². The van der Waals surface area contributed by atoms with Gasteiger partial charge in [0.05, 0.1) is 6.54 Å². The van der Waals surface area contributed by atoms with Crippen LogP contribution in [0.1, 0.15) is 26.2 Å². The number of ether oxygens (including phenoxy) is 2. The van der Waals surface area contributed by atoms with Gasteiger partial charge in [-0.25, -0.2) is 0 Å². The predicted octanol–water partition coefficient (Wildman–Crippen LogP) is 2.39. The van der Waals surface area contributed by atoms with E-state index in [1.54, 1.807) is 0 Å². The van der Waals surface area contributed by atoms with Crippen molar-refractivity contribution in [3.63, 3.8) is 0 Å². The normalized spacial score (nSPS) is 24.8. The summed E-state index contributed by atoms with van der Waals surface area (Å²) in [7, 11) is 0. The highest BCUT2D eigenvalue weighted by Crippen LogP contribution is 2.37. The van der Waals surface area contributed by atoms with Crippen LogP contribution in [0.15, 0.2) is 29.3 Å². The van der Waals surface area contributed by atoms with E-state index in [4.69, 9.17) is 9.47 Å². The molecule has 1 atom stereocenters. The molecule has 2 heterocycles. The molecule has 1 aromatic rings. The lowest BCUT2D eigenvalue weighted by Crippen LogP contribution is -2.55. The van der Waals surface area contributed by atoms with E-state index in [9.17, 15) is 0 Å². The highest BCUT2D eigenvalue weighted by molar-refractivity contribution is 5.92. The molecule has 0 amide bonds. The van der Waals surface area contributed by atoms with Gasteiger partial charge in [0.2, 0.25) is 0 Å². The van der Waals surface area contributed by atoms with Gasteiger partial charge in [0, 0.05) is 6.54 Å². The van der Waals surface area contributed by atoms with Crippen LogP contribution in [0.5, 0.6) is 11.5 Å². The van der Waals surface area contributed by atoms with Crippen LogP contribution < -0.4 is 14.8 Å². The second-order valence-electron chi connectivity index (χ2n) is 5.09. The van der Waals surface area contributed by atoms with E-state index < -0.39 is 5.60 Å².